The van der Waals surface area contributed by atoms with Gasteiger partial charge in [-0.2, -0.15) is 0 Å². The Hall–Kier alpha value is -1.10. The van der Waals surface area contributed by atoms with Crippen LogP contribution in [0.4, 0.5) is 0 Å². The highest BCUT2D eigenvalue weighted by molar-refractivity contribution is 5.43. The van der Waals surface area contributed by atoms with E-state index in [1.54, 1.807) is 7.11 Å². The monoisotopic (exact) mass is 210 g/mol. The lowest BCUT2D eigenvalue weighted by Gasteiger charge is -2.16. The largest absolute Gasteiger partial charge is 0.496 e. The molecule has 0 fully saturated rings. The van der Waals surface area contributed by atoms with Crippen LogP contribution in [-0.4, -0.2) is 18.8 Å². The summed E-state index contributed by atoms with van der Waals surface area (Å²) in [4.78, 5) is 0. The number of hydrazine groups is 1. The molecule has 0 radical (unpaired) electrons. The van der Waals surface area contributed by atoms with Gasteiger partial charge in [-0.05, 0) is 37.1 Å². The summed E-state index contributed by atoms with van der Waals surface area (Å²) in [7, 11) is 1.59. The van der Waals surface area contributed by atoms with Gasteiger partial charge in [0.15, 0.2) is 0 Å². The molecule has 0 aliphatic carbocycles. The van der Waals surface area contributed by atoms with Crippen LogP contribution < -0.4 is 16.0 Å². The van der Waals surface area contributed by atoms with E-state index in [9.17, 15) is 5.11 Å². The van der Waals surface area contributed by atoms with Gasteiger partial charge >= 0.3 is 0 Å². The minimum absolute atomic E-state index is 0.304. The van der Waals surface area contributed by atoms with E-state index in [1.165, 1.54) is 0 Å². The molecule has 1 rings (SSSR count). The molecule has 4 heteroatoms. The molecule has 0 saturated carbocycles. The van der Waals surface area contributed by atoms with Crippen molar-refractivity contribution >= 4 is 0 Å². The predicted molar refractivity (Wildman–Crippen MR) is 59.6 cm³/mol. The third-order valence-electron chi connectivity index (χ3n) is 2.52. The summed E-state index contributed by atoms with van der Waals surface area (Å²) in [5.74, 6) is 5.87. The molecule has 1 aromatic rings. The summed E-state index contributed by atoms with van der Waals surface area (Å²) in [6.45, 7) is 4.31. The zero-order valence-corrected chi connectivity index (χ0v) is 9.37. The molecular weight excluding hydrogens is 192 g/mol. The highest BCUT2D eigenvalue weighted by atomic mass is 16.5. The van der Waals surface area contributed by atoms with Gasteiger partial charge in [-0.25, -0.2) is 0 Å². The zero-order chi connectivity index (χ0) is 11.4. The SMILES string of the molecule is COc1cc(C)c(C)cc1C(O)CNN. The maximum Gasteiger partial charge on any atom is 0.124 e. The van der Waals surface area contributed by atoms with Gasteiger partial charge < -0.3 is 9.84 Å². The second-order valence-corrected chi connectivity index (χ2v) is 3.60. The van der Waals surface area contributed by atoms with Crippen LogP contribution >= 0.6 is 0 Å². The highest BCUT2D eigenvalue weighted by Crippen LogP contribution is 2.28. The number of hydrogen-bond donors (Lipinski definition) is 3. The van der Waals surface area contributed by atoms with Crippen molar-refractivity contribution in [2.45, 2.75) is 20.0 Å². The van der Waals surface area contributed by atoms with Crippen molar-refractivity contribution in [3.63, 3.8) is 0 Å². The van der Waals surface area contributed by atoms with Crippen LogP contribution in [0.2, 0.25) is 0 Å². The summed E-state index contributed by atoms with van der Waals surface area (Å²) in [6.07, 6.45) is -0.649. The van der Waals surface area contributed by atoms with Crippen LogP contribution in [0.5, 0.6) is 5.75 Å². The topological polar surface area (TPSA) is 67.5 Å². The van der Waals surface area contributed by atoms with Crippen molar-refractivity contribution in [3.05, 3.63) is 28.8 Å². The molecule has 0 aromatic heterocycles. The maximum absolute atomic E-state index is 9.83. The van der Waals surface area contributed by atoms with Crippen LogP contribution in [0.3, 0.4) is 0 Å². The quantitative estimate of drug-likeness (QED) is 0.508. The second kappa shape index (κ2) is 5.11. The van der Waals surface area contributed by atoms with E-state index in [-0.39, 0.29) is 0 Å². The zero-order valence-electron chi connectivity index (χ0n) is 9.37. The van der Waals surface area contributed by atoms with Crippen molar-refractivity contribution in [2.24, 2.45) is 5.84 Å². The number of ether oxygens (including phenoxy) is 1. The standard InChI is InChI=1S/C11H18N2O2/c1-7-4-9(10(14)6-13-12)11(15-3)5-8(7)2/h4-5,10,13-14H,6,12H2,1-3H3. The van der Waals surface area contributed by atoms with Crippen molar-refractivity contribution < 1.29 is 9.84 Å². The molecule has 15 heavy (non-hydrogen) atoms. The maximum atomic E-state index is 9.83. The van der Waals surface area contributed by atoms with Crippen LogP contribution in [0.1, 0.15) is 22.8 Å². The molecule has 0 spiro atoms. The Balaban J connectivity index is 3.09. The van der Waals surface area contributed by atoms with Gasteiger partial charge in [0.05, 0.1) is 13.2 Å². The van der Waals surface area contributed by atoms with Crippen molar-refractivity contribution in [2.75, 3.05) is 13.7 Å². The molecule has 0 aliphatic heterocycles. The first-order valence-corrected chi connectivity index (χ1v) is 4.86. The molecule has 4 nitrogen and oxygen atoms in total. The Morgan fingerprint density at radius 1 is 1.40 bits per heavy atom. The van der Waals surface area contributed by atoms with Gasteiger partial charge in [-0.15, -0.1) is 0 Å². The first kappa shape index (κ1) is 12.0. The Morgan fingerprint density at radius 3 is 2.53 bits per heavy atom. The van der Waals surface area contributed by atoms with Crippen LogP contribution in [0.15, 0.2) is 12.1 Å². The smallest absolute Gasteiger partial charge is 0.124 e. The van der Waals surface area contributed by atoms with E-state index < -0.39 is 6.10 Å². The van der Waals surface area contributed by atoms with E-state index >= 15 is 0 Å². The lowest BCUT2D eigenvalue weighted by atomic mass is 10.0. The number of nitrogens with two attached hydrogens (primary N) is 1. The Bertz CT molecular complexity index is 340. The average molecular weight is 210 g/mol. The summed E-state index contributed by atoms with van der Waals surface area (Å²) >= 11 is 0. The summed E-state index contributed by atoms with van der Waals surface area (Å²) < 4.78 is 5.22. The van der Waals surface area contributed by atoms with Crippen LogP contribution in [-0.2, 0) is 0 Å². The van der Waals surface area contributed by atoms with Gasteiger partial charge in [0, 0.05) is 12.1 Å². The summed E-state index contributed by atoms with van der Waals surface area (Å²) in [6, 6.07) is 3.85. The first-order valence-electron chi connectivity index (χ1n) is 4.86. The van der Waals surface area contributed by atoms with Crippen LogP contribution in [0.25, 0.3) is 0 Å². The molecular formula is C11H18N2O2. The second-order valence-electron chi connectivity index (χ2n) is 3.60. The Morgan fingerprint density at radius 2 is 2.00 bits per heavy atom. The Kier molecular flexibility index (Phi) is 4.08. The fourth-order valence-corrected chi connectivity index (χ4v) is 1.47. The minimum Gasteiger partial charge on any atom is -0.496 e. The molecule has 0 bridgehead atoms. The minimum atomic E-state index is -0.649. The third kappa shape index (κ3) is 2.68. The fraction of sp³-hybridized carbons (Fsp3) is 0.455. The van der Waals surface area contributed by atoms with Crippen molar-refractivity contribution in [3.8, 4) is 5.75 Å². The van der Waals surface area contributed by atoms with Crippen molar-refractivity contribution in [1.29, 1.82) is 0 Å². The molecule has 1 atom stereocenters. The number of hydrogen-bond acceptors (Lipinski definition) is 4. The van der Waals surface area contributed by atoms with E-state index in [2.05, 4.69) is 5.43 Å². The normalized spacial score (nSPS) is 12.6. The Labute approximate surface area is 90.0 Å². The molecule has 1 unspecified atom stereocenters. The molecule has 0 amide bonds. The fourth-order valence-electron chi connectivity index (χ4n) is 1.47. The van der Waals surface area contributed by atoms with E-state index in [4.69, 9.17) is 10.6 Å². The van der Waals surface area contributed by atoms with E-state index in [0.29, 0.717) is 12.3 Å². The number of aryl methyl sites for hydroxylation is 2. The van der Waals surface area contributed by atoms with Crippen molar-refractivity contribution in [1.82, 2.24) is 5.43 Å². The van der Waals surface area contributed by atoms with E-state index in [0.717, 1.165) is 16.7 Å². The average Bonchev–Trinajstić information content (AvgIpc) is 2.21. The molecule has 0 saturated heterocycles. The number of benzene rings is 1. The summed E-state index contributed by atoms with van der Waals surface area (Å²) in [5, 5.41) is 9.83. The number of methoxy groups -OCH3 is 1. The predicted octanol–water partition coefficient (Wildman–Crippen LogP) is 0.809. The van der Waals surface area contributed by atoms with Gasteiger partial charge in [0.2, 0.25) is 0 Å². The number of aliphatic hydroxyl groups is 1. The number of nitrogens with one attached hydrogen (secondary N) is 1. The van der Waals surface area contributed by atoms with Gasteiger partial charge in [0.25, 0.3) is 0 Å². The van der Waals surface area contributed by atoms with Gasteiger partial charge in [-0.3, -0.25) is 11.3 Å². The lowest BCUT2D eigenvalue weighted by molar-refractivity contribution is 0.171. The van der Waals surface area contributed by atoms with E-state index in [1.807, 2.05) is 26.0 Å². The van der Waals surface area contributed by atoms with Gasteiger partial charge in [-0.1, -0.05) is 0 Å². The summed E-state index contributed by atoms with van der Waals surface area (Å²) in [5.41, 5.74) is 5.48. The molecule has 1 aromatic carbocycles. The number of aliphatic hydroxyl groups excluding tert-OH is 1. The molecule has 84 valence electrons. The van der Waals surface area contributed by atoms with Gasteiger partial charge in [0.1, 0.15) is 5.75 Å². The van der Waals surface area contributed by atoms with Crippen LogP contribution in [0, 0.1) is 13.8 Å². The lowest BCUT2D eigenvalue weighted by Crippen LogP contribution is -2.27. The molecule has 4 N–H and O–H groups in total. The first-order chi connectivity index (χ1) is 7.10. The molecule has 0 aliphatic rings. The number of rotatable bonds is 4. The highest BCUT2D eigenvalue weighted by Gasteiger charge is 2.13. The third-order valence-corrected chi connectivity index (χ3v) is 2.52. The molecule has 0 heterocycles.